The Hall–Kier alpha value is -4.30. The molecule has 0 saturated carbocycles. The van der Waals surface area contributed by atoms with Gasteiger partial charge in [0.25, 0.3) is 11.8 Å². The van der Waals surface area contributed by atoms with E-state index in [1.54, 1.807) is 16.8 Å². The van der Waals surface area contributed by atoms with Gasteiger partial charge in [-0.2, -0.15) is 0 Å². The van der Waals surface area contributed by atoms with Crippen molar-refractivity contribution in [1.82, 2.24) is 35.1 Å². The van der Waals surface area contributed by atoms with Crippen LogP contribution >= 0.6 is 11.3 Å². The Morgan fingerprint density at radius 1 is 1.07 bits per heavy atom. The van der Waals surface area contributed by atoms with E-state index in [2.05, 4.69) is 20.9 Å². The van der Waals surface area contributed by atoms with Crippen LogP contribution in [0.1, 0.15) is 36.3 Å². The van der Waals surface area contributed by atoms with E-state index in [1.165, 1.54) is 28.2 Å². The van der Waals surface area contributed by atoms with Gasteiger partial charge in [-0.05, 0) is 17.9 Å². The second kappa shape index (κ2) is 13.6. The van der Waals surface area contributed by atoms with E-state index in [1.807, 2.05) is 49.6 Å². The van der Waals surface area contributed by atoms with Crippen molar-refractivity contribution in [2.24, 2.45) is 5.92 Å². The average molecular weight is 624 g/mol. The van der Waals surface area contributed by atoms with Gasteiger partial charge in [0.2, 0.25) is 17.7 Å². The predicted octanol–water partition coefficient (Wildman–Crippen LogP) is 0.452. The maximum Gasteiger partial charge on any atom is 0.274 e. The molecule has 2 bridgehead atoms. The quantitative estimate of drug-likeness (QED) is 0.373. The van der Waals surface area contributed by atoms with E-state index in [0.29, 0.717) is 11.4 Å². The average Bonchev–Trinajstić information content (AvgIpc) is 3.61. The third-order valence-electron chi connectivity index (χ3n) is 7.58. The number of hydrogen-bond donors (Lipinski definition) is 3. The number of carbonyl (C=O) groups is 5. The number of nitrogens with zero attached hydrogens (tertiary/aromatic N) is 4. The summed E-state index contributed by atoms with van der Waals surface area (Å²) in [6, 6.07) is 7.37. The van der Waals surface area contributed by atoms with Crippen molar-refractivity contribution >= 4 is 45.8 Å². The first-order valence-corrected chi connectivity index (χ1v) is 15.5. The number of carbonyl (C=O) groups excluding carboxylic acids is 5. The molecule has 0 spiro atoms. The molecular formula is C30H37N7O6S. The lowest BCUT2D eigenvalue weighted by Crippen LogP contribution is -2.59. The van der Waals surface area contributed by atoms with Gasteiger partial charge in [-0.15, -0.1) is 11.3 Å². The molecule has 5 rings (SSSR count). The zero-order valence-electron chi connectivity index (χ0n) is 24.9. The molecule has 3 aromatic rings. The molecule has 2 aliphatic rings. The number of imidazole rings is 1. The molecule has 14 heteroatoms. The number of amides is 5. The molecule has 44 heavy (non-hydrogen) atoms. The first kappa shape index (κ1) is 31.1. The molecule has 5 amide bonds. The van der Waals surface area contributed by atoms with Gasteiger partial charge in [0.05, 0.1) is 19.2 Å². The summed E-state index contributed by atoms with van der Waals surface area (Å²) >= 11 is 1.40. The number of likely N-dealkylation sites (N-methyl/N-ethyl adjacent to an activating group) is 1. The van der Waals surface area contributed by atoms with Crippen molar-refractivity contribution in [3.8, 4) is 0 Å². The van der Waals surface area contributed by atoms with Crippen LogP contribution in [0.2, 0.25) is 0 Å². The van der Waals surface area contributed by atoms with E-state index >= 15 is 0 Å². The molecule has 3 N–H and O–H groups in total. The zero-order chi connectivity index (χ0) is 31.4. The molecule has 0 radical (unpaired) electrons. The molecule has 2 fully saturated rings. The molecule has 2 saturated heterocycles. The zero-order valence-corrected chi connectivity index (χ0v) is 25.7. The van der Waals surface area contributed by atoms with Crippen molar-refractivity contribution in [3.63, 3.8) is 0 Å². The van der Waals surface area contributed by atoms with E-state index in [4.69, 9.17) is 4.74 Å². The van der Waals surface area contributed by atoms with E-state index in [-0.39, 0.29) is 50.1 Å². The molecule has 0 aliphatic carbocycles. The normalized spacial score (nSPS) is 24.0. The lowest BCUT2D eigenvalue weighted by atomic mass is 10.0. The Labute approximate surface area is 258 Å². The van der Waals surface area contributed by atoms with Gasteiger partial charge in [0, 0.05) is 44.3 Å². The highest BCUT2D eigenvalue weighted by Gasteiger charge is 2.38. The molecular weight excluding hydrogens is 586 g/mol. The van der Waals surface area contributed by atoms with E-state index in [9.17, 15) is 24.0 Å². The van der Waals surface area contributed by atoms with Gasteiger partial charge in [-0.3, -0.25) is 28.4 Å². The summed E-state index contributed by atoms with van der Waals surface area (Å²) in [7, 11) is 1.48. The van der Waals surface area contributed by atoms with Crippen LogP contribution in [0.4, 0.5) is 0 Å². The number of nitrogens with one attached hydrogen (secondary N) is 3. The topological polar surface area (TPSA) is 154 Å². The number of hydrogen-bond acceptors (Lipinski definition) is 8. The molecule has 2 aliphatic heterocycles. The van der Waals surface area contributed by atoms with Crippen LogP contribution in [-0.2, 0) is 30.3 Å². The Bertz CT molecular complexity index is 1490. The molecule has 4 atom stereocenters. The highest BCUT2D eigenvalue weighted by Crippen LogP contribution is 2.18. The van der Waals surface area contributed by atoms with Crippen LogP contribution < -0.4 is 16.0 Å². The summed E-state index contributed by atoms with van der Waals surface area (Å²) in [5.41, 5.74) is 1.04. The van der Waals surface area contributed by atoms with Gasteiger partial charge >= 0.3 is 0 Å². The highest BCUT2D eigenvalue weighted by atomic mass is 32.1. The van der Waals surface area contributed by atoms with Gasteiger partial charge in [0.1, 0.15) is 17.8 Å². The Balaban J connectivity index is 1.44. The number of ether oxygens (including phenoxy) is 1. The fourth-order valence-corrected chi connectivity index (χ4v) is 6.11. The van der Waals surface area contributed by atoms with Crippen molar-refractivity contribution < 1.29 is 28.7 Å². The summed E-state index contributed by atoms with van der Waals surface area (Å²) in [5, 5.41) is 10.3. The fraction of sp³-hybridized carbons (Fsp3) is 0.467. The lowest BCUT2D eigenvalue weighted by molar-refractivity contribution is -0.148. The SMILES string of the molecule is CC(C)C[C@@H]1NC(=O)CN(C)C(=O)[C@@H](Cc2ccccc2)NC(=O)[C@H]2CN(C(=O)c3cn4ccsc4n3)C[C@@H](CNC1=O)O2. The summed E-state index contributed by atoms with van der Waals surface area (Å²) < 4.78 is 7.88. The van der Waals surface area contributed by atoms with Crippen LogP contribution in [0.3, 0.4) is 0 Å². The van der Waals surface area contributed by atoms with Crippen molar-refractivity contribution in [2.45, 2.75) is 51.0 Å². The van der Waals surface area contributed by atoms with Gasteiger partial charge in [-0.25, -0.2) is 4.98 Å². The summed E-state index contributed by atoms with van der Waals surface area (Å²) in [5.74, 6) is -2.25. The minimum atomic E-state index is -1.12. The standard InChI is InChI=1S/C30H37N7O6S/c1-18(2)11-21-26(39)31-13-20-14-37(29(42)23-15-36-9-10-44-30(36)34-23)16-24(43-20)27(40)33-22(12-19-7-5-4-6-8-19)28(41)35(3)17-25(38)32-21/h4-10,15,18,20-22,24H,11-14,16-17H2,1-3H3,(H,31,39)(H,32,38)(H,33,40)/t20-,21+,22-,24-/m1/s1. The minimum Gasteiger partial charge on any atom is -0.360 e. The Kier molecular flexibility index (Phi) is 9.59. The van der Waals surface area contributed by atoms with Crippen molar-refractivity contribution in [2.75, 3.05) is 33.2 Å². The van der Waals surface area contributed by atoms with Crippen LogP contribution in [0.5, 0.6) is 0 Å². The first-order chi connectivity index (χ1) is 21.1. The third-order valence-corrected chi connectivity index (χ3v) is 8.35. The van der Waals surface area contributed by atoms with Crippen LogP contribution in [0.25, 0.3) is 4.96 Å². The summed E-state index contributed by atoms with van der Waals surface area (Å²) in [4.78, 5) is 74.9. The van der Waals surface area contributed by atoms with Crippen molar-refractivity contribution in [1.29, 1.82) is 0 Å². The molecule has 234 valence electrons. The smallest absolute Gasteiger partial charge is 0.274 e. The third kappa shape index (κ3) is 7.42. The maximum absolute atomic E-state index is 13.7. The highest BCUT2D eigenvalue weighted by molar-refractivity contribution is 7.15. The van der Waals surface area contributed by atoms with E-state index in [0.717, 1.165) is 5.56 Å². The first-order valence-electron chi connectivity index (χ1n) is 14.6. The number of fused-ring (bicyclic) bond motifs is 3. The maximum atomic E-state index is 13.7. The van der Waals surface area contributed by atoms with Gasteiger partial charge in [0.15, 0.2) is 11.1 Å². The Morgan fingerprint density at radius 2 is 1.84 bits per heavy atom. The summed E-state index contributed by atoms with van der Waals surface area (Å²) in [6.45, 7) is 3.61. The molecule has 0 unspecified atom stereocenters. The molecule has 2 aromatic heterocycles. The number of benzene rings is 1. The second-order valence-corrected chi connectivity index (χ2v) is 12.5. The van der Waals surface area contributed by atoms with Crippen LogP contribution in [-0.4, -0.2) is 106 Å². The van der Waals surface area contributed by atoms with E-state index < -0.39 is 47.9 Å². The molecule has 13 nitrogen and oxygen atoms in total. The summed E-state index contributed by atoms with van der Waals surface area (Å²) in [6.07, 6.45) is 2.14. The van der Waals surface area contributed by atoms with Gasteiger partial charge in [-0.1, -0.05) is 44.2 Å². The minimum absolute atomic E-state index is 0.00141. The molecule has 4 heterocycles. The van der Waals surface area contributed by atoms with Crippen LogP contribution in [0.15, 0.2) is 48.1 Å². The number of thiazole rings is 1. The number of rotatable bonds is 5. The van der Waals surface area contributed by atoms with Gasteiger partial charge < -0.3 is 30.5 Å². The lowest BCUT2D eigenvalue weighted by Gasteiger charge is -2.37. The number of aromatic nitrogens is 2. The monoisotopic (exact) mass is 623 g/mol. The number of morpholine rings is 1. The second-order valence-electron chi connectivity index (χ2n) is 11.6. The molecule has 1 aromatic carbocycles. The fourth-order valence-electron chi connectivity index (χ4n) is 5.41. The largest absolute Gasteiger partial charge is 0.360 e. The predicted molar refractivity (Wildman–Crippen MR) is 162 cm³/mol. The van der Waals surface area contributed by atoms with Crippen molar-refractivity contribution in [3.05, 3.63) is 59.4 Å². The Morgan fingerprint density at radius 3 is 2.57 bits per heavy atom. The van der Waals surface area contributed by atoms with Crippen LogP contribution in [0, 0.1) is 5.92 Å².